The molecule has 0 aromatic carbocycles. The number of nitrogens with zero attached hydrogens (tertiary/aromatic N) is 1. The number of carbonyl (C=O) groups excluding carboxylic acids is 1. The molecule has 7 heteroatoms. The Morgan fingerprint density at radius 2 is 1.82 bits per heavy atom. The van der Waals surface area contributed by atoms with E-state index in [1.165, 1.54) is 0 Å². The zero-order valence-corrected chi connectivity index (χ0v) is 10.2. The van der Waals surface area contributed by atoms with Crippen LogP contribution in [0.1, 0.15) is 13.8 Å². The summed E-state index contributed by atoms with van der Waals surface area (Å²) in [6, 6.07) is 0. The van der Waals surface area contributed by atoms with Crippen molar-refractivity contribution in [2.75, 3.05) is 13.1 Å². The Morgan fingerprint density at radius 1 is 1.35 bits per heavy atom. The fourth-order valence-electron chi connectivity index (χ4n) is 1.68. The first-order chi connectivity index (χ1) is 7.70. The number of morpholine rings is 1. The third kappa shape index (κ3) is 4.20. The molecule has 3 nitrogen and oxygen atoms in total. The van der Waals surface area contributed by atoms with Crippen molar-refractivity contribution in [3.63, 3.8) is 0 Å². The molecule has 0 aromatic heterocycles. The van der Waals surface area contributed by atoms with Crippen molar-refractivity contribution >= 4 is 17.4 Å². The average Bonchev–Trinajstić information content (AvgIpc) is 2.13. The van der Waals surface area contributed by atoms with E-state index in [2.05, 4.69) is 0 Å². The molecule has 0 amide bonds. The maximum absolute atomic E-state index is 12.1. The number of rotatable bonds is 2. The van der Waals surface area contributed by atoms with Gasteiger partial charge in [0, 0.05) is 19.3 Å². The van der Waals surface area contributed by atoms with E-state index in [4.69, 9.17) is 16.3 Å². The van der Waals surface area contributed by atoms with E-state index < -0.39 is 17.0 Å². The summed E-state index contributed by atoms with van der Waals surface area (Å²) in [6.45, 7) is 4.42. The summed E-state index contributed by atoms with van der Waals surface area (Å²) < 4.78 is 41.7. The van der Waals surface area contributed by atoms with Gasteiger partial charge >= 0.3 is 6.18 Å². The van der Waals surface area contributed by atoms with Gasteiger partial charge in [0.15, 0.2) is 0 Å². The molecule has 0 aromatic rings. The minimum atomic E-state index is -4.93. The Labute approximate surface area is 102 Å². The highest BCUT2D eigenvalue weighted by Gasteiger charge is 2.40. The molecule has 1 saturated heterocycles. The van der Waals surface area contributed by atoms with Crippen molar-refractivity contribution in [2.24, 2.45) is 0 Å². The lowest BCUT2D eigenvalue weighted by atomic mass is 10.2. The number of allylic oxidation sites excluding steroid dienone is 1. The van der Waals surface area contributed by atoms with E-state index in [1.54, 1.807) is 18.7 Å². The van der Waals surface area contributed by atoms with Crippen LogP contribution in [0.3, 0.4) is 0 Å². The van der Waals surface area contributed by atoms with E-state index >= 15 is 0 Å². The Kier molecular flexibility index (Phi) is 4.43. The predicted octanol–water partition coefficient (Wildman–Crippen LogP) is 2.31. The standard InChI is InChI=1S/C10H13ClF3NO2/c1-6-3-15(4-7(2)17-6)5-8(11)9(16)10(12,13)14/h5-7H,3-4H2,1-2H3/b8-5-/t6-,7+. The van der Waals surface area contributed by atoms with Crippen molar-refractivity contribution in [1.82, 2.24) is 4.90 Å². The second-order valence-electron chi connectivity index (χ2n) is 4.02. The quantitative estimate of drug-likeness (QED) is 0.722. The summed E-state index contributed by atoms with van der Waals surface area (Å²) in [6.07, 6.45) is -4.12. The molecule has 2 atom stereocenters. The predicted molar refractivity (Wildman–Crippen MR) is 56.6 cm³/mol. The van der Waals surface area contributed by atoms with Crippen molar-refractivity contribution < 1.29 is 22.7 Å². The van der Waals surface area contributed by atoms with Gasteiger partial charge in [-0.1, -0.05) is 11.6 Å². The monoisotopic (exact) mass is 271 g/mol. The molecule has 0 N–H and O–H groups in total. The molecule has 1 fully saturated rings. The molecule has 0 radical (unpaired) electrons. The third-order valence-corrected chi connectivity index (χ3v) is 2.49. The third-order valence-electron chi connectivity index (χ3n) is 2.22. The van der Waals surface area contributed by atoms with Gasteiger partial charge in [-0.15, -0.1) is 0 Å². The minimum absolute atomic E-state index is 0.111. The van der Waals surface area contributed by atoms with Crippen molar-refractivity contribution in [1.29, 1.82) is 0 Å². The summed E-state index contributed by atoms with van der Waals surface area (Å²) in [5.74, 6) is -2.02. The number of halogens is 4. The maximum Gasteiger partial charge on any atom is 0.455 e. The normalized spacial score (nSPS) is 27.2. The van der Waals surface area contributed by atoms with Crippen LogP contribution in [0.4, 0.5) is 13.2 Å². The highest BCUT2D eigenvalue weighted by Crippen LogP contribution is 2.23. The number of Topliss-reactive ketones (excluding diaryl/α,β-unsaturated/α-hetero) is 1. The van der Waals surface area contributed by atoms with Gasteiger partial charge in [0.05, 0.1) is 12.2 Å². The molecule has 1 rings (SSSR count). The number of hydrogen-bond acceptors (Lipinski definition) is 3. The molecule has 1 aliphatic rings. The lowest BCUT2D eigenvalue weighted by Crippen LogP contribution is -2.43. The lowest BCUT2D eigenvalue weighted by molar-refractivity contribution is -0.165. The first-order valence-corrected chi connectivity index (χ1v) is 5.46. The second kappa shape index (κ2) is 5.27. The van der Waals surface area contributed by atoms with Gasteiger partial charge in [0.25, 0.3) is 5.78 Å². The van der Waals surface area contributed by atoms with Crippen LogP contribution in [0.2, 0.25) is 0 Å². The second-order valence-corrected chi connectivity index (χ2v) is 4.42. The van der Waals surface area contributed by atoms with Crippen LogP contribution in [0.5, 0.6) is 0 Å². The zero-order chi connectivity index (χ0) is 13.2. The van der Waals surface area contributed by atoms with Gasteiger partial charge in [-0.2, -0.15) is 13.2 Å². The highest BCUT2D eigenvalue weighted by atomic mass is 35.5. The Morgan fingerprint density at radius 3 is 2.24 bits per heavy atom. The van der Waals surface area contributed by atoms with Crippen molar-refractivity contribution in [3.05, 3.63) is 11.2 Å². The number of ether oxygens (including phenoxy) is 1. The van der Waals surface area contributed by atoms with Gasteiger partial charge in [0.1, 0.15) is 5.03 Å². The Bertz CT molecular complexity index is 320. The molecule has 0 saturated carbocycles. The number of alkyl halides is 3. The smallest absolute Gasteiger partial charge is 0.372 e. The molecular weight excluding hydrogens is 259 g/mol. The van der Waals surface area contributed by atoms with Crippen molar-refractivity contribution in [3.8, 4) is 0 Å². The molecule has 0 aliphatic carbocycles. The minimum Gasteiger partial charge on any atom is -0.372 e. The fraction of sp³-hybridized carbons (Fsp3) is 0.700. The Balaban J connectivity index is 2.71. The molecule has 17 heavy (non-hydrogen) atoms. The van der Waals surface area contributed by atoms with Gasteiger partial charge in [-0.3, -0.25) is 4.79 Å². The molecule has 0 unspecified atom stereocenters. The summed E-state index contributed by atoms with van der Waals surface area (Å²) in [7, 11) is 0. The molecular formula is C10H13ClF3NO2. The SMILES string of the molecule is C[C@@H]1CN(/C=C(\Cl)C(=O)C(F)(F)F)C[C@H](C)O1. The Hall–Kier alpha value is -0.750. The molecule has 1 aliphatic heterocycles. The van der Waals surface area contributed by atoms with Crippen LogP contribution < -0.4 is 0 Å². The van der Waals surface area contributed by atoms with Gasteiger partial charge in [-0.25, -0.2) is 0 Å². The average molecular weight is 272 g/mol. The maximum atomic E-state index is 12.1. The van der Waals surface area contributed by atoms with Crippen LogP contribution in [0, 0.1) is 0 Å². The molecule has 98 valence electrons. The first-order valence-electron chi connectivity index (χ1n) is 5.08. The van der Waals surface area contributed by atoms with Crippen LogP contribution in [0.15, 0.2) is 11.2 Å². The van der Waals surface area contributed by atoms with E-state index in [0.29, 0.717) is 13.1 Å². The van der Waals surface area contributed by atoms with E-state index in [1.807, 2.05) is 0 Å². The number of ketones is 1. The van der Waals surface area contributed by atoms with Crippen LogP contribution in [-0.2, 0) is 9.53 Å². The number of carbonyl (C=O) groups is 1. The van der Waals surface area contributed by atoms with E-state index in [9.17, 15) is 18.0 Å². The zero-order valence-electron chi connectivity index (χ0n) is 9.42. The van der Waals surface area contributed by atoms with Gasteiger partial charge < -0.3 is 9.64 Å². The molecule has 0 spiro atoms. The van der Waals surface area contributed by atoms with Crippen molar-refractivity contribution in [2.45, 2.75) is 32.2 Å². The summed E-state index contributed by atoms with van der Waals surface area (Å²) in [4.78, 5) is 12.4. The van der Waals surface area contributed by atoms with Crippen LogP contribution >= 0.6 is 11.6 Å². The molecule has 0 bridgehead atoms. The first kappa shape index (κ1) is 14.3. The highest BCUT2D eigenvalue weighted by molar-refractivity contribution is 6.43. The van der Waals surface area contributed by atoms with Crippen LogP contribution in [0.25, 0.3) is 0 Å². The molecule has 1 heterocycles. The van der Waals surface area contributed by atoms with E-state index in [0.717, 1.165) is 6.20 Å². The summed E-state index contributed by atoms with van der Waals surface area (Å²) >= 11 is 5.35. The summed E-state index contributed by atoms with van der Waals surface area (Å²) in [5.41, 5.74) is 0. The topological polar surface area (TPSA) is 29.5 Å². The summed E-state index contributed by atoms with van der Waals surface area (Å²) in [5, 5.41) is -0.821. The van der Waals surface area contributed by atoms with Gasteiger partial charge in [0.2, 0.25) is 0 Å². The largest absolute Gasteiger partial charge is 0.455 e. The van der Waals surface area contributed by atoms with Crippen LogP contribution in [-0.4, -0.2) is 42.2 Å². The van der Waals surface area contributed by atoms with E-state index in [-0.39, 0.29) is 12.2 Å². The number of hydrogen-bond donors (Lipinski definition) is 0. The lowest BCUT2D eigenvalue weighted by Gasteiger charge is -2.34. The van der Waals surface area contributed by atoms with Gasteiger partial charge in [-0.05, 0) is 13.8 Å². The fourth-order valence-corrected chi connectivity index (χ4v) is 1.92.